The molecule has 5 nitrogen and oxygen atoms in total. The van der Waals surface area contributed by atoms with E-state index in [-0.39, 0.29) is 17.9 Å². The molecule has 0 aliphatic carbocycles. The van der Waals surface area contributed by atoms with Crippen LogP contribution in [-0.2, 0) is 16.0 Å². The summed E-state index contributed by atoms with van der Waals surface area (Å²) in [6.45, 7) is 1.24. The van der Waals surface area contributed by atoms with Gasteiger partial charge in [-0.1, -0.05) is 6.07 Å². The summed E-state index contributed by atoms with van der Waals surface area (Å²) >= 11 is 0. The van der Waals surface area contributed by atoms with Gasteiger partial charge in [0.1, 0.15) is 5.75 Å². The first kappa shape index (κ1) is 13.7. The number of rotatable bonds is 3. The molecule has 1 aromatic rings. The molecule has 3 rings (SSSR count). The molecule has 2 aliphatic heterocycles. The molecular formula is C16H18N2O3. The Balaban J connectivity index is 1.55. The van der Waals surface area contributed by atoms with E-state index < -0.39 is 0 Å². The molecule has 2 amide bonds. The first-order valence-electron chi connectivity index (χ1n) is 7.22. The first-order valence-corrected chi connectivity index (χ1v) is 7.22. The maximum Gasteiger partial charge on any atom is 0.244 e. The minimum Gasteiger partial charge on any atom is -0.493 e. The molecule has 1 saturated heterocycles. The van der Waals surface area contributed by atoms with E-state index in [0.717, 1.165) is 24.3 Å². The summed E-state index contributed by atoms with van der Waals surface area (Å²) in [7, 11) is 0. The number of benzene rings is 1. The summed E-state index contributed by atoms with van der Waals surface area (Å²) in [5.41, 5.74) is 2.18. The largest absolute Gasteiger partial charge is 0.493 e. The maximum absolute atomic E-state index is 11.9. The Labute approximate surface area is 123 Å². The van der Waals surface area contributed by atoms with Crippen LogP contribution >= 0.6 is 0 Å². The van der Waals surface area contributed by atoms with Gasteiger partial charge in [0.2, 0.25) is 11.8 Å². The lowest BCUT2D eigenvalue weighted by Gasteiger charge is -2.22. The molecule has 2 aliphatic rings. The molecule has 2 heterocycles. The van der Waals surface area contributed by atoms with Crippen LogP contribution in [0.4, 0.5) is 0 Å². The molecule has 0 aromatic heterocycles. The van der Waals surface area contributed by atoms with Gasteiger partial charge in [0.25, 0.3) is 0 Å². The van der Waals surface area contributed by atoms with Crippen molar-refractivity contribution < 1.29 is 14.3 Å². The molecule has 0 saturated carbocycles. The number of carbonyl (C=O) groups excluding carboxylic acids is 2. The zero-order valence-electron chi connectivity index (χ0n) is 11.7. The van der Waals surface area contributed by atoms with Gasteiger partial charge in [-0.3, -0.25) is 9.59 Å². The van der Waals surface area contributed by atoms with Gasteiger partial charge in [0.05, 0.1) is 6.61 Å². The number of nitrogens with one attached hydrogen (secondary N) is 2. The Bertz CT molecular complexity index is 585. The number of hydrogen-bond donors (Lipinski definition) is 2. The van der Waals surface area contributed by atoms with Crippen molar-refractivity contribution in [1.82, 2.24) is 10.6 Å². The fraction of sp³-hybridized carbons (Fsp3) is 0.375. The van der Waals surface area contributed by atoms with E-state index in [0.29, 0.717) is 19.4 Å². The lowest BCUT2D eigenvalue weighted by atomic mass is 10.1. The van der Waals surface area contributed by atoms with Gasteiger partial charge in [-0.2, -0.15) is 0 Å². The Morgan fingerprint density at radius 1 is 1.38 bits per heavy atom. The van der Waals surface area contributed by atoms with E-state index in [9.17, 15) is 9.59 Å². The monoisotopic (exact) mass is 286 g/mol. The predicted molar refractivity (Wildman–Crippen MR) is 78.8 cm³/mol. The van der Waals surface area contributed by atoms with Crippen molar-refractivity contribution >= 4 is 17.9 Å². The van der Waals surface area contributed by atoms with Crippen LogP contribution in [0.25, 0.3) is 6.08 Å². The van der Waals surface area contributed by atoms with Gasteiger partial charge < -0.3 is 15.4 Å². The predicted octanol–water partition coefficient (Wildman–Crippen LogP) is 1.03. The maximum atomic E-state index is 11.9. The second-order valence-electron chi connectivity index (χ2n) is 5.35. The van der Waals surface area contributed by atoms with Crippen LogP contribution in [0.2, 0.25) is 0 Å². The number of amides is 2. The van der Waals surface area contributed by atoms with E-state index in [2.05, 4.69) is 10.6 Å². The summed E-state index contributed by atoms with van der Waals surface area (Å²) in [5, 5.41) is 5.64. The van der Waals surface area contributed by atoms with Crippen molar-refractivity contribution in [2.45, 2.75) is 25.3 Å². The lowest BCUT2D eigenvalue weighted by Crippen LogP contribution is -2.47. The van der Waals surface area contributed by atoms with Gasteiger partial charge >= 0.3 is 0 Å². The fourth-order valence-corrected chi connectivity index (χ4v) is 2.59. The smallest absolute Gasteiger partial charge is 0.244 e. The Kier molecular flexibility index (Phi) is 3.90. The highest BCUT2D eigenvalue weighted by molar-refractivity contribution is 5.92. The number of piperidine rings is 1. The second kappa shape index (κ2) is 5.99. The highest BCUT2D eigenvalue weighted by atomic mass is 16.5. The van der Waals surface area contributed by atoms with Crippen LogP contribution in [0, 0.1) is 0 Å². The van der Waals surface area contributed by atoms with Crippen LogP contribution in [0.5, 0.6) is 5.75 Å². The number of fused-ring (bicyclic) bond motifs is 1. The van der Waals surface area contributed by atoms with Crippen LogP contribution in [0.3, 0.4) is 0 Å². The fourth-order valence-electron chi connectivity index (χ4n) is 2.59. The van der Waals surface area contributed by atoms with E-state index in [1.165, 1.54) is 11.6 Å². The molecule has 5 heteroatoms. The van der Waals surface area contributed by atoms with Crippen LogP contribution in [-0.4, -0.2) is 31.0 Å². The Morgan fingerprint density at radius 3 is 3.10 bits per heavy atom. The average molecular weight is 286 g/mol. The molecule has 1 atom stereocenters. The standard InChI is InChI=1S/C16H18N2O3/c19-15-6-3-13(10-17-15)18-16(20)5-2-11-1-4-14-12(9-11)7-8-21-14/h1-2,4-5,9,13H,3,6-8,10H2,(H,17,19)(H,18,20). The molecule has 21 heavy (non-hydrogen) atoms. The molecule has 2 N–H and O–H groups in total. The highest BCUT2D eigenvalue weighted by Crippen LogP contribution is 2.26. The van der Waals surface area contributed by atoms with Crippen molar-refractivity contribution in [2.75, 3.05) is 13.2 Å². The average Bonchev–Trinajstić information content (AvgIpc) is 2.95. The van der Waals surface area contributed by atoms with Gasteiger partial charge in [-0.15, -0.1) is 0 Å². The normalized spacial score (nSPS) is 20.8. The molecule has 0 spiro atoms. The highest BCUT2D eigenvalue weighted by Gasteiger charge is 2.18. The molecule has 110 valence electrons. The van der Waals surface area contributed by atoms with Crippen molar-refractivity contribution in [1.29, 1.82) is 0 Å². The van der Waals surface area contributed by atoms with E-state index in [1.807, 2.05) is 18.2 Å². The number of ether oxygens (including phenoxy) is 1. The molecular weight excluding hydrogens is 268 g/mol. The lowest BCUT2D eigenvalue weighted by molar-refractivity contribution is -0.124. The zero-order chi connectivity index (χ0) is 14.7. The van der Waals surface area contributed by atoms with Crippen molar-refractivity contribution in [3.63, 3.8) is 0 Å². The minimum absolute atomic E-state index is 0.0215. The van der Waals surface area contributed by atoms with Crippen molar-refractivity contribution in [2.24, 2.45) is 0 Å². The quantitative estimate of drug-likeness (QED) is 0.816. The van der Waals surface area contributed by atoms with Crippen molar-refractivity contribution in [3.05, 3.63) is 35.4 Å². The van der Waals surface area contributed by atoms with Gasteiger partial charge in [0.15, 0.2) is 0 Å². The molecule has 1 fully saturated rings. The van der Waals surface area contributed by atoms with E-state index >= 15 is 0 Å². The van der Waals surface area contributed by atoms with Gasteiger partial charge in [-0.25, -0.2) is 0 Å². The Hall–Kier alpha value is -2.30. The van der Waals surface area contributed by atoms with Gasteiger partial charge in [0, 0.05) is 31.5 Å². The molecule has 0 radical (unpaired) electrons. The summed E-state index contributed by atoms with van der Waals surface area (Å²) < 4.78 is 5.45. The molecule has 1 unspecified atom stereocenters. The summed E-state index contributed by atoms with van der Waals surface area (Å²) in [6, 6.07) is 5.95. The third-order valence-corrected chi connectivity index (χ3v) is 3.75. The Morgan fingerprint density at radius 2 is 2.29 bits per heavy atom. The minimum atomic E-state index is -0.132. The van der Waals surface area contributed by atoms with Crippen LogP contribution in [0.1, 0.15) is 24.0 Å². The number of carbonyl (C=O) groups is 2. The SMILES string of the molecule is O=C(C=Cc1ccc2c(c1)CCO2)NC1CCC(=O)NC1. The van der Waals surface area contributed by atoms with Crippen LogP contribution < -0.4 is 15.4 Å². The number of hydrogen-bond acceptors (Lipinski definition) is 3. The zero-order valence-corrected chi connectivity index (χ0v) is 11.7. The second-order valence-corrected chi connectivity index (χ2v) is 5.35. The third-order valence-electron chi connectivity index (χ3n) is 3.75. The topological polar surface area (TPSA) is 67.4 Å². The summed E-state index contributed by atoms with van der Waals surface area (Å²) in [5.74, 6) is 0.860. The summed E-state index contributed by atoms with van der Waals surface area (Å²) in [4.78, 5) is 22.9. The van der Waals surface area contributed by atoms with Crippen LogP contribution in [0.15, 0.2) is 24.3 Å². The third kappa shape index (κ3) is 3.42. The van der Waals surface area contributed by atoms with Crippen molar-refractivity contribution in [3.8, 4) is 5.75 Å². The first-order chi connectivity index (χ1) is 10.2. The summed E-state index contributed by atoms with van der Waals surface area (Å²) in [6.07, 6.45) is 5.43. The van der Waals surface area contributed by atoms with E-state index in [1.54, 1.807) is 6.08 Å². The molecule has 0 bridgehead atoms. The van der Waals surface area contributed by atoms with Gasteiger partial charge in [-0.05, 0) is 35.8 Å². The van der Waals surface area contributed by atoms with E-state index in [4.69, 9.17) is 4.74 Å². The molecule has 1 aromatic carbocycles.